The lowest BCUT2D eigenvalue weighted by atomic mass is 10.1. The minimum Gasteiger partial charge on any atom is -0.338 e. The molecule has 1 aromatic carbocycles. The molecule has 1 unspecified atom stereocenters. The number of hydrogen-bond donors (Lipinski definition) is 0. The van der Waals surface area contributed by atoms with Gasteiger partial charge in [0.05, 0.1) is 0 Å². The molecular formula is C19H25N3O. The van der Waals surface area contributed by atoms with Crippen LogP contribution >= 0.6 is 0 Å². The number of hydrogen-bond acceptors (Lipinski definition) is 2. The molecule has 0 bridgehead atoms. The molecule has 1 saturated heterocycles. The van der Waals surface area contributed by atoms with Gasteiger partial charge >= 0.3 is 0 Å². The van der Waals surface area contributed by atoms with E-state index in [1.807, 2.05) is 42.3 Å². The number of likely N-dealkylation sites (tertiary alicyclic amines) is 1. The van der Waals surface area contributed by atoms with Gasteiger partial charge < -0.3 is 9.47 Å². The zero-order chi connectivity index (χ0) is 16.4. The number of nitrogens with zero attached hydrogens (tertiary/aromatic N) is 3. The van der Waals surface area contributed by atoms with E-state index in [9.17, 15) is 4.79 Å². The summed E-state index contributed by atoms with van der Waals surface area (Å²) in [5.74, 6) is 1.63. The Bertz CT molecular complexity index is 704. The monoisotopic (exact) mass is 311 g/mol. The first-order valence-electron chi connectivity index (χ1n) is 8.48. The largest absolute Gasteiger partial charge is 0.338 e. The second-order valence-electron chi connectivity index (χ2n) is 6.52. The summed E-state index contributed by atoms with van der Waals surface area (Å²) >= 11 is 0. The standard InChI is InChI=1S/C19H25N3O/c1-4-9-22-15(3)12-20-18(22)17-8-10-21(13-17)19(23)16-7-5-6-14(2)11-16/h5-7,11-12,17H,4,8-10,13H2,1-3H3. The van der Waals surface area contributed by atoms with E-state index in [1.54, 1.807) is 0 Å². The third-order valence-electron chi connectivity index (χ3n) is 4.64. The molecule has 0 radical (unpaired) electrons. The number of aromatic nitrogens is 2. The first kappa shape index (κ1) is 15.8. The van der Waals surface area contributed by atoms with E-state index in [1.165, 1.54) is 5.69 Å². The van der Waals surface area contributed by atoms with Crippen molar-refractivity contribution in [3.63, 3.8) is 0 Å². The van der Waals surface area contributed by atoms with Gasteiger partial charge in [-0.2, -0.15) is 0 Å². The maximum Gasteiger partial charge on any atom is 0.253 e. The van der Waals surface area contributed by atoms with E-state index >= 15 is 0 Å². The van der Waals surface area contributed by atoms with E-state index < -0.39 is 0 Å². The molecule has 1 fully saturated rings. The summed E-state index contributed by atoms with van der Waals surface area (Å²) in [6, 6.07) is 7.85. The molecule has 3 rings (SSSR count). The van der Waals surface area contributed by atoms with Crippen molar-refractivity contribution < 1.29 is 4.79 Å². The van der Waals surface area contributed by atoms with Gasteiger partial charge in [0.25, 0.3) is 5.91 Å². The number of carbonyl (C=O) groups excluding carboxylic acids is 1. The van der Waals surface area contributed by atoms with E-state index in [0.717, 1.165) is 49.4 Å². The van der Waals surface area contributed by atoms with Crippen molar-refractivity contribution in [2.24, 2.45) is 0 Å². The molecule has 1 aliphatic heterocycles. The SMILES string of the molecule is CCCn1c(C)cnc1C1CCN(C(=O)c2cccc(C)c2)C1. The summed E-state index contributed by atoms with van der Waals surface area (Å²) in [7, 11) is 0. The van der Waals surface area contributed by atoms with Crippen LogP contribution in [-0.4, -0.2) is 33.4 Å². The molecule has 4 nitrogen and oxygen atoms in total. The first-order valence-corrected chi connectivity index (χ1v) is 8.48. The van der Waals surface area contributed by atoms with E-state index in [2.05, 4.69) is 23.4 Å². The predicted molar refractivity (Wildman–Crippen MR) is 91.7 cm³/mol. The molecule has 1 amide bonds. The minimum atomic E-state index is 0.140. The van der Waals surface area contributed by atoms with Gasteiger partial charge in [-0.3, -0.25) is 4.79 Å². The van der Waals surface area contributed by atoms with E-state index in [0.29, 0.717) is 5.92 Å². The number of imidazole rings is 1. The van der Waals surface area contributed by atoms with Gasteiger partial charge in [-0.05, 0) is 38.8 Å². The number of rotatable bonds is 4. The van der Waals surface area contributed by atoms with Gasteiger partial charge in [0.15, 0.2) is 0 Å². The van der Waals surface area contributed by atoms with Gasteiger partial charge in [-0.1, -0.05) is 24.6 Å². The normalized spacial score (nSPS) is 17.7. The van der Waals surface area contributed by atoms with Crippen molar-refractivity contribution >= 4 is 5.91 Å². The van der Waals surface area contributed by atoms with Crippen molar-refractivity contribution in [1.29, 1.82) is 0 Å². The van der Waals surface area contributed by atoms with Crippen molar-refractivity contribution in [2.75, 3.05) is 13.1 Å². The summed E-state index contributed by atoms with van der Waals surface area (Å²) < 4.78 is 2.31. The molecule has 0 saturated carbocycles. The maximum absolute atomic E-state index is 12.7. The van der Waals surface area contributed by atoms with Crippen LogP contribution in [-0.2, 0) is 6.54 Å². The minimum absolute atomic E-state index is 0.140. The second-order valence-corrected chi connectivity index (χ2v) is 6.52. The van der Waals surface area contributed by atoms with Crippen LogP contribution in [0, 0.1) is 13.8 Å². The average molecular weight is 311 g/mol. The van der Waals surface area contributed by atoms with Crippen LogP contribution in [0.25, 0.3) is 0 Å². The lowest BCUT2D eigenvalue weighted by Crippen LogP contribution is -2.28. The van der Waals surface area contributed by atoms with Crippen LogP contribution in [0.1, 0.15) is 53.1 Å². The van der Waals surface area contributed by atoms with E-state index in [4.69, 9.17) is 0 Å². The Kier molecular flexibility index (Phi) is 4.51. The average Bonchev–Trinajstić information content (AvgIpc) is 3.15. The molecule has 2 heterocycles. The molecular weight excluding hydrogens is 286 g/mol. The molecule has 0 spiro atoms. The molecule has 2 aromatic rings. The predicted octanol–water partition coefficient (Wildman–Crippen LogP) is 3.54. The zero-order valence-electron chi connectivity index (χ0n) is 14.2. The molecule has 1 atom stereocenters. The number of amides is 1. The van der Waals surface area contributed by atoms with Gasteiger partial charge in [-0.25, -0.2) is 4.98 Å². The van der Waals surface area contributed by atoms with E-state index in [-0.39, 0.29) is 5.91 Å². The van der Waals surface area contributed by atoms with Gasteiger partial charge in [0.2, 0.25) is 0 Å². The molecule has 1 aromatic heterocycles. The Labute approximate surface area is 138 Å². The highest BCUT2D eigenvalue weighted by molar-refractivity contribution is 5.94. The van der Waals surface area contributed by atoms with Crippen molar-refractivity contribution in [1.82, 2.24) is 14.5 Å². The van der Waals surface area contributed by atoms with Crippen LogP contribution in [0.5, 0.6) is 0 Å². The van der Waals surface area contributed by atoms with Crippen molar-refractivity contribution in [2.45, 2.75) is 46.1 Å². The third-order valence-corrected chi connectivity index (χ3v) is 4.64. The number of aryl methyl sites for hydroxylation is 2. The molecule has 122 valence electrons. The Morgan fingerprint density at radius 1 is 1.35 bits per heavy atom. The Morgan fingerprint density at radius 3 is 2.91 bits per heavy atom. The molecule has 0 N–H and O–H groups in total. The third kappa shape index (κ3) is 3.16. The van der Waals surface area contributed by atoms with Crippen LogP contribution in [0.15, 0.2) is 30.5 Å². The summed E-state index contributed by atoms with van der Waals surface area (Å²) in [6.45, 7) is 8.90. The molecule has 23 heavy (non-hydrogen) atoms. The van der Waals surface area contributed by atoms with Gasteiger partial charge in [0.1, 0.15) is 5.82 Å². The fraction of sp³-hybridized carbons (Fsp3) is 0.474. The smallest absolute Gasteiger partial charge is 0.253 e. The highest BCUT2D eigenvalue weighted by atomic mass is 16.2. The number of benzene rings is 1. The van der Waals surface area contributed by atoms with Crippen LogP contribution in [0.4, 0.5) is 0 Å². The van der Waals surface area contributed by atoms with Gasteiger partial charge in [-0.15, -0.1) is 0 Å². The van der Waals surface area contributed by atoms with Crippen LogP contribution in [0.2, 0.25) is 0 Å². The topological polar surface area (TPSA) is 38.1 Å². The maximum atomic E-state index is 12.7. The van der Waals surface area contributed by atoms with Crippen LogP contribution < -0.4 is 0 Å². The zero-order valence-corrected chi connectivity index (χ0v) is 14.2. The molecule has 4 heteroatoms. The molecule has 1 aliphatic rings. The number of carbonyl (C=O) groups is 1. The summed E-state index contributed by atoms with van der Waals surface area (Å²) in [5.41, 5.74) is 3.13. The fourth-order valence-corrected chi connectivity index (χ4v) is 3.44. The Balaban J connectivity index is 1.75. The first-order chi connectivity index (χ1) is 11.1. The summed E-state index contributed by atoms with van der Waals surface area (Å²) in [6.07, 6.45) is 4.05. The summed E-state index contributed by atoms with van der Waals surface area (Å²) in [4.78, 5) is 19.3. The van der Waals surface area contributed by atoms with Crippen molar-refractivity contribution in [3.8, 4) is 0 Å². The lowest BCUT2D eigenvalue weighted by molar-refractivity contribution is 0.0790. The van der Waals surface area contributed by atoms with Crippen molar-refractivity contribution in [3.05, 3.63) is 53.1 Å². The van der Waals surface area contributed by atoms with Crippen LogP contribution in [0.3, 0.4) is 0 Å². The molecule has 0 aliphatic carbocycles. The fourth-order valence-electron chi connectivity index (χ4n) is 3.44. The summed E-state index contributed by atoms with van der Waals surface area (Å²) in [5, 5.41) is 0. The quantitative estimate of drug-likeness (QED) is 0.866. The Hall–Kier alpha value is -2.10. The highest BCUT2D eigenvalue weighted by Crippen LogP contribution is 2.28. The Morgan fingerprint density at radius 2 is 2.17 bits per heavy atom. The van der Waals surface area contributed by atoms with Gasteiger partial charge in [0, 0.05) is 43.0 Å². The second kappa shape index (κ2) is 6.57. The highest BCUT2D eigenvalue weighted by Gasteiger charge is 2.30. The lowest BCUT2D eigenvalue weighted by Gasteiger charge is -2.18.